The van der Waals surface area contributed by atoms with Gasteiger partial charge in [0, 0.05) is 82.4 Å². The number of carbonyl (C=O) groups is 3. The lowest BCUT2D eigenvalue weighted by atomic mass is 9.97. The molecule has 16 heteroatoms. The van der Waals surface area contributed by atoms with Gasteiger partial charge in [0.05, 0.1) is 33.0 Å². The van der Waals surface area contributed by atoms with Crippen molar-refractivity contribution in [3.63, 3.8) is 0 Å². The van der Waals surface area contributed by atoms with Crippen molar-refractivity contribution in [2.45, 2.75) is 32.7 Å². The van der Waals surface area contributed by atoms with Crippen molar-refractivity contribution in [2.75, 3.05) is 65.5 Å². The zero-order chi connectivity index (χ0) is 36.4. The molecule has 0 spiro atoms. The molecule has 2 aliphatic rings. The van der Waals surface area contributed by atoms with Crippen LogP contribution in [-0.4, -0.2) is 113 Å². The minimum absolute atomic E-state index is 0.0827. The second-order valence-corrected chi connectivity index (χ2v) is 12.9. The summed E-state index contributed by atoms with van der Waals surface area (Å²) >= 11 is 0. The number of anilines is 1. The number of imidazole rings is 1. The van der Waals surface area contributed by atoms with E-state index in [-0.39, 0.29) is 67.6 Å². The molecule has 2 aliphatic heterocycles. The van der Waals surface area contributed by atoms with Crippen LogP contribution >= 0.6 is 0 Å². The van der Waals surface area contributed by atoms with E-state index in [4.69, 9.17) is 23.6 Å². The van der Waals surface area contributed by atoms with E-state index in [1.165, 1.54) is 17.0 Å². The van der Waals surface area contributed by atoms with Gasteiger partial charge in [-0.15, -0.1) is 0 Å². The molecule has 1 fully saturated rings. The number of aromatic nitrogens is 5. The van der Waals surface area contributed by atoms with Crippen LogP contribution in [0.3, 0.4) is 0 Å². The second-order valence-electron chi connectivity index (χ2n) is 12.9. The van der Waals surface area contributed by atoms with Gasteiger partial charge in [-0.25, -0.2) is 19.5 Å². The number of oxazole rings is 1. The number of methoxy groups -OCH3 is 3. The third-order valence-electron chi connectivity index (χ3n) is 9.60. The van der Waals surface area contributed by atoms with Crippen LogP contribution in [0, 0.1) is 12.8 Å². The molecule has 2 bridgehead atoms. The molecule has 1 unspecified atom stereocenters. The average molecular weight is 712 g/mol. The van der Waals surface area contributed by atoms with Crippen molar-refractivity contribution in [3.05, 3.63) is 65.8 Å². The number of fused-ring (bicyclic) bond motifs is 6. The van der Waals surface area contributed by atoms with Crippen LogP contribution in [-0.2, 0) is 11.3 Å². The molecule has 0 radical (unpaired) electrons. The number of carbonyl (C=O) groups excluding carboxylic acids is 3. The fourth-order valence-electron chi connectivity index (χ4n) is 6.99. The van der Waals surface area contributed by atoms with Crippen LogP contribution < -0.4 is 24.4 Å². The quantitative estimate of drug-likeness (QED) is 0.283. The van der Waals surface area contributed by atoms with Crippen LogP contribution in [0.5, 0.6) is 17.2 Å². The van der Waals surface area contributed by atoms with Gasteiger partial charge in [0.1, 0.15) is 12.1 Å². The molecular weight excluding hydrogens is 670 g/mol. The van der Waals surface area contributed by atoms with Crippen LogP contribution in [0.25, 0.3) is 16.6 Å². The molecule has 5 aromatic rings. The minimum atomic E-state index is -0.385. The van der Waals surface area contributed by atoms with E-state index in [9.17, 15) is 14.4 Å². The zero-order valence-electron chi connectivity index (χ0n) is 29.6. The van der Waals surface area contributed by atoms with Gasteiger partial charge in [0.15, 0.2) is 34.4 Å². The van der Waals surface area contributed by atoms with Crippen molar-refractivity contribution < 1.29 is 33.0 Å². The topological polar surface area (TPSA) is 170 Å². The van der Waals surface area contributed by atoms with Crippen molar-refractivity contribution in [3.8, 4) is 17.2 Å². The maximum atomic E-state index is 14.3. The Morgan fingerprint density at radius 2 is 1.81 bits per heavy atom. The molecule has 0 aliphatic carbocycles. The van der Waals surface area contributed by atoms with Crippen LogP contribution in [0.4, 0.5) is 5.82 Å². The summed E-state index contributed by atoms with van der Waals surface area (Å²) in [6, 6.07) is 7.28. The zero-order valence-corrected chi connectivity index (χ0v) is 29.6. The molecular formula is C36H41N9O7. The summed E-state index contributed by atoms with van der Waals surface area (Å²) in [5.74, 6) is 1.64. The van der Waals surface area contributed by atoms with Crippen molar-refractivity contribution in [1.82, 2.24) is 39.7 Å². The van der Waals surface area contributed by atoms with E-state index in [0.29, 0.717) is 58.6 Å². The Hall–Kier alpha value is -5.93. The summed E-state index contributed by atoms with van der Waals surface area (Å²) in [5.41, 5.74) is 2.29. The lowest BCUT2D eigenvalue weighted by Crippen LogP contribution is -2.43. The van der Waals surface area contributed by atoms with E-state index >= 15 is 0 Å². The van der Waals surface area contributed by atoms with Gasteiger partial charge in [-0.05, 0) is 37.0 Å². The lowest BCUT2D eigenvalue weighted by molar-refractivity contribution is -0.121. The standard InChI is InChI=1S/C36H41N9O7/c1-22-40-27(21-52-22)35(47)44-14-13-42(36(48)28-18-37-30-8-5-10-39-45(28)30)12-9-31(46)38-17-23-7-6-11-43(19-23)34-24(20-44)15-25-26(41-34)16-29(49-2)33(51-4)32(25)50-3/h5,8,10,15-16,18,21,23H,6-7,9,11-14,17,19-20H2,1-4H3,(H,38,46). The fraction of sp³-hybridized carbons (Fsp3) is 0.417. The third kappa shape index (κ3) is 6.75. The highest BCUT2D eigenvalue weighted by molar-refractivity contribution is 5.95. The minimum Gasteiger partial charge on any atom is -0.493 e. The number of aryl methyl sites for hydroxylation is 1. The van der Waals surface area contributed by atoms with Gasteiger partial charge in [-0.1, -0.05) is 0 Å². The molecule has 1 N–H and O–H groups in total. The van der Waals surface area contributed by atoms with Gasteiger partial charge in [-0.3, -0.25) is 14.4 Å². The Kier molecular flexibility index (Phi) is 9.78. The smallest absolute Gasteiger partial charge is 0.276 e. The van der Waals surface area contributed by atoms with E-state index in [0.717, 1.165) is 24.9 Å². The third-order valence-corrected chi connectivity index (χ3v) is 9.60. The highest BCUT2D eigenvalue weighted by Crippen LogP contribution is 2.44. The number of piperidine rings is 1. The number of rotatable bonds is 5. The second kappa shape index (κ2) is 14.7. The molecule has 52 heavy (non-hydrogen) atoms. The first-order valence-electron chi connectivity index (χ1n) is 17.2. The number of nitrogens with one attached hydrogen (secondary N) is 1. The van der Waals surface area contributed by atoms with Crippen LogP contribution in [0.1, 0.15) is 51.7 Å². The summed E-state index contributed by atoms with van der Waals surface area (Å²) in [4.78, 5) is 60.8. The molecule has 7 rings (SSSR count). The first-order chi connectivity index (χ1) is 25.3. The number of ether oxygens (including phenoxy) is 3. The van der Waals surface area contributed by atoms with Gasteiger partial charge in [-0.2, -0.15) is 5.10 Å². The molecule has 4 aromatic heterocycles. The predicted octanol–water partition coefficient (Wildman–Crippen LogP) is 3.12. The summed E-state index contributed by atoms with van der Waals surface area (Å²) in [6.45, 7) is 4.00. The van der Waals surface area contributed by atoms with Crippen LogP contribution in [0.2, 0.25) is 0 Å². The van der Waals surface area contributed by atoms with Crippen molar-refractivity contribution >= 4 is 40.1 Å². The van der Waals surface area contributed by atoms with Gasteiger partial charge < -0.3 is 38.6 Å². The summed E-state index contributed by atoms with van der Waals surface area (Å²) in [7, 11) is 4.66. The SMILES string of the molecule is COc1cc2nc3c(cc2c(OC)c1OC)CN(C(=O)c1coc(C)n1)CCN(C(=O)c1cnc2cccnn12)CCC(=O)NCC1CCCN3C1. The summed E-state index contributed by atoms with van der Waals surface area (Å²) < 4.78 is 24.1. The average Bonchev–Trinajstić information content (AvgIpc) is 3.81. The Morgan fingerprint density at radius 1 is 0.981 bits per heavy atom. The fourth-order valence-corrected chi connectivity index (χ4v) is 6.99. The molecule has 6 heterocycles. The van der Waals surface area contributed by atoms with E-state index < -0.39 is 0 Å². The van der Waals surface area contributed by atoms with Gasteiger partial charge in [0.2, 0.25) is 11.7 Å². The molecule has 272 valence electrons. The Labute approximate surface area is 299 Å². The van der Waals surface area contributed by atoms with E-state index in [2.05, 4.69) is 25.3 Å². The maximum absolute atomic E-state index is 14.3. The summed E-state index contributed by atoms with van der Waals surface area (Å²) in [5, 5.41) is 8.09. The monoisotopic (exact) mass is 711 g/mol. The van der Waals surface area contributed by atoms with Crippen molar-refractivity contribution in [1.29, 1.82) is 0 Å². The predicted molar refractivity (Wildman–Crippen MR) is 189 cm³/mol. The number of hydrogen-bond acceptors (Lipinski definition) is 12. The first-order valence-corrected chi connectivity index (χ1v) is 17.2. The lowest BCUT2D eigenvalue weighted by Gasteiger charge is -2.35. The first kappa shape index (κ1) is 34.5. The highest BCUT2D eigenvalue weighted by atomic mass is 16.5. The summed E-state index contributed by atoms with van der Waals surface area (Å²) in [6.07, 6.45) is 6.29. The Balaban J connectivity index is 1.34. The molecule has 1 saturated heterocycles. The number of amides is 3. The van der Waals surface area contributed by atoms with Crippen molar-refractivity contribution in [2.24, 2.45) is 5.92 Å². The molecule has 0 saturated carbocycles. The van der Waals surface area contributed by atoms with Crippen LogP contribution in [0.15, 0.2) is 47.3 Å². The molecule has 1 atom stereocenters. The van der Waals surface area contributed by atoms with E-state index in [1.807, 2.05) is 12.1 Å². The largest absolute Gasteiger partial charge is 0.493 e. The number of nitrogens with zero attached hydrogens (tertiary/aromatic N) is 8. The normalized spacial score (nSPS) is 17.3. The Bertz CT molecular complexity index is 2130. The molecule has 3 amide bonds. The maximum Gasteiger partial charge on any atom is 0.276 e. The number of hydrogen-bond donors (Lipinski definition) is 1. The van der Waals surface area contributed by atoms with Gasteiger partial charge in [0.25, 0.3) is 11.8 Å². The number of pyridine rings is 1. The highest BCUT2D eigenvalue weighted by Gasteiger charge is 2.30. The Morgan fingerprint density at radius 3 is 2.58 bits per heavy atom. The molecule has 1 aromatic carbocycles. The molecule has 16 nitrogen and oxygen atoms in total. The van der Waals surface area contributed by atoms with Gasteiger partial charge >= 0.3 is 0 Å². The number of benzene rings is 1. The van der Waals surface area contributed by atoms with E-state index in [1.54, 1.807) is 56.4 Å².